The summed E-state index contributed by atoms with van der Waals surface area (Å²) in [6.45, 7) is 6.55. The molecule has 3 aliphatic carbocycles. The van der Waals surface area contributed by atoms with Gasteiger partial charge in [0.1, 0.15) is 5.29 Å². The van der Waals surface area contributed by atoms with Gasteiger partial charge in [-0.2, -0.15) is 0 Å². The van der Waals surface area contributed by atoms with Crippen LogP contribution in [0, 0.1) is 10.8 Å². The summed E-state index contributed by atoms with van der Waals surface area (Å²) in [6, 6.07) is 0. The van der Waals surface area contributed by atoms with Crippen LogP contribution in [0.25, 0.3) is 0 Å². The summed E-state index contributed by atoms with van der Waals surface area (Å²) >= 11 is 0. The summed E-state index contributed by atoms with van der Waals surface area (Å²) in [5, 5.41) is -0.880. The van der Waals surface area contributed by atoms with Crippen molar-refractivity contribution in [3.05, 3.63) is 24.3 Å². The highest BCUT2D eigenvalue weighted by Crippen LogP contribution is 2.86. The van der Waals surface area contributed by atoms with Crippen molar-refractivity contribution in [1.29, 1.82) is 0 Å². The van der Waals surface area contributed by atoms with Crippen molar-refractivity contribution in [3.8, 4) is 0 Å². The van der Waals surface area contributed by atoms with Gasteiger partial charge in [0.25, 0.3) is 0 Å². The zero-order valence-electron chi connectivity index (χ0n) is 9.81. The Kier molecular flexibility index (Phi) is 1.52. The molecule has 1 unspecified atom stereocenters. The number of halogens is 1. The molecule has 0 nitrogen and oxygen atoms in total. The van der Waals surface area contributed by atoms with Crippen molar-refractivity contribution < 1.29 is 4.39 Å². The first-order chi connectivity index (χ1) is 6.91. The molecule has 0 amide bonds. The molecule has 0 heterocycles. The molecule has 82 valence electrons. The highest BCUT2D eigenvalue weighted by Gasteiger charge is 2.90. The van der Waals surface area contributed by atoms with Crippen LogP contribution in [-0.4, -0.2) is 13.4 Å². The largest absolute Gasteiger partial charge is 0.246 e. The number of hydrogen-bond donors (Lipinski definition) is 0. The van der Waals surface area contributed by atoms with E-state index in [1.165, 1.54) is 6.42 Å². The second-order valence-electron chi connectivity index (χ2n) is 6.42. The smallest absolute Gasteiger partial charge is 0.119 e. The Hall–Kier alpha value is -0.373. The van der Waals surface area contributed by atoms with Crippen molar-refractivity contribution in [3.63, 3.8) is 0 Å². The van der Waals surface area contributed by atoms with E-state index < -0.39 is 13.4 Å². The first-order valence-electron chi connectivity index (χ1n) is 5.97. The number of allylic oxidation sites excluding steroid dienone is 4. The van der Waals surface area contributed by atoms with Crippen LogP contribution in [-0.2, 0) is 0 Å². The van der Waals surface area contributed by atoms with Crippen LogP contribution in [0.4, 0.5) is 4.39 Å². The first-order valence-corrected chi connectivity index (χ1v) is 9.47. The number of alkyl halides is 1. The van der Waals surface area contributed by atoms with E-state index in [2.05, 4.69) is 43.9 Å². The van der Waals surface area contributed by atoms with Gasteiger partial charge in [0.2, 0.25) is 0 Å². The minimum absolute atomic E-state index is 0.0980. The third kappa shape index (κ3) is 0.719. The van der Waals surface area contributed by atoms with Gasteiger partial charge in [-0.15, -0.1) is 0 Å². The molecule has 0 aromatic heterocycles. The lowest BCUT2D eigenvalue weighted by Crippen LogP contribution is -2.44. The number of rotatable bonds is 1. The van der Waals surface area contributed by atoms with Crippen molar-refractivity contribution in [1.82, 2.24) is 0 Å². The van der Waals surface area contributed by atoms with Gasteiger partial charge in [-0.05, 0) is 12.8 Å². The molecule has 15 heavy (non-hydrogen) atoms. The van der Waals surface area contributed by atoms with E-state index in [9.17, 15) is 0 Å². The molecule has 3 atom stereocenters. The zero-order valence-corrected chi connectivity index (χ0v) is 10.8. The van der Waals surface area contributed by atoms with E-state index in [0.717, 1.165) is 12.8 Å². The van der Waals surface area contributed by atoms with Gasteiger partial charge in [0, 0.05) is 10.8 Å². The van der Waals surface area contributed by atoms with Gasteiger partial charge in [0.05, 0.1) is 8.07 Å². The molecule has 0 radical (unpaired) electrons. The van der Waals surface area contributed by atoms with E-state index in [0.29, 0.717) is 0 Å². The molecule has 2 heteroatoms. The van der Waals surface area contributed by atoms with Crippen LogP contribution in [0.2, 0.25) is 19.6 Å². The normalized spacial score (nSPS) is 51.5. The Morgan fingerprint density at radius 3 is 1.87 bits per heavy atom. The molecule has 0 aromatic carbocycles. The van der Waals surface area contributed by atoms with Crippen molar-refractivity contribution in [2.45, 2.75) is 44.2 Å². The van der Waals surface area contributed by atoms with E-state index in [1.54, 1.807) is 0 Å². The SMILES string of the molecule is C[Si](C)(C)C1(F)[C@@]23C=CC=C[C@@]12CCC3. The Labute approximate surface area is 92.3 Å². The first kappa shape index (κ1) is 9.82. The lowest BCUT2D eigenvalue weighted by molar-refractivity contribution is 0.293. The minimum atomic E-state index is -1.76. The van der Waals surface area contributed by atoms with Crippen LogP contribution in [0.3, 0.4) is 0 Å². The minimum Gasteiger partial charge on any atom is -0.246 e. The van der Waals surface area contributed by atoms with Crippen molar-refractivity contribution in [2.75, 3.05) is 0 Å². The van der Waals surface area contributed by atoms with Gasteiger partial charge < -0.3 is 0 Å². The standard InChI is InChI=1S/C13H19FSi/c1-15(2,3)13(14)11-7-4-5-8-12(11,13)10-6-9-11/h4-5,7-8H,6,9-10H2,1-3H3/t11-,12+,13?. The predicted molar refractivity (Wildman–Crippen MR) is 64.2 cm³/mol. The predicted octanol–water partition coefficient (Wildman–Crippen LogP) is 3.87. The molecule has 0 saturated heterocycles. The highest BCUT2D eigenvalue weighted by molar-refractivity contribution is 6.80. The molecule has 0 N–H and O–H groups in total. The van der Waals surface area contributed by atoms with Gasteiger partial charge in [-0.1, -0.05) is 50.4 Å². The van der Waals surface area contributed by atoms with E-state index in [-0.39, 0.29) is 10.8 Å². The Morgan fingerprint density at radius 1 is 1.00 bits per heavy atom. The third-order valence-corrected chi connectivity index (χ3v) is 7.97. The van der Waals surface area contributed by atoms with Gasteiger partial charge in [0.15, 0.2) is 0 Å². The maximum atomic E-state index is 15.4. The summed E-state index contributed by atoms with van der Waals surface area (Å²) in [6.07, 6.45) is 11.8. The fourth-order valence-electron chi connectivity index (χ4n) is 4.61. The Bertz CT molecular complexity index is 350. The molecular formula is C13H19FSi. The third-order valence-electron chi connectivity index (χ3n) is 5.01. The summed E-state index contributed by atoms with van der Waals surface area (Å²) in [7, 11) is -1.76. The summed E-state index contributed by atoms with van der Waals surface area (Å²) in [4.78, 5) is 0. The van der Waals surface area contributed by atoms with Crippen LogP contribution < -0.4 is 0 Å². The molecule has 0 spiro atoms. The van der Waals surface area contributed by atoms with Crippen LogP contribution in [0.5, 0.6) is 0 Å². The van der Waals surface area contributed by atoms with Crippen LogP contribution >= 0.6 is 0 Å². The summed E-state index contributed by atoms with van der Waals surface area (Å²) in [5.41, 5.74) is -0.196. The maximum Gasteiger partial charge on any atom is 0.119 e. The average Bonchev–Trinajstić information content (AvgIpc) is 2.52. The zero-order chi connectivity index (χ0) is 10.9. The van der Waals surface area contributed by atoms with Crippen LogP contribution in [0.1, 0.15) is 19.3 Å². The lowest BCUT2D eigenvalue weighted by atomic mass is 9.92. The average molecular weight is 222 g/mol. The maximum absolute atomic E-state index is 15.4. The Morgan fingerprint density at radius 2 is 1.47 bits per heavy atom. The number of hydrogen-bond acceptors (Lipinski definition) is 0. The van der Waals surface area contributed by atoms with Crippen molar-refractivity contribution >= 4 is 8.07 Å². The summed E-state index contributed by atoms with van der Waals surface area (Å²) in [5.74, 6) is 0. The monoisotopic (exact) mass is 222 g/mol. The molecule has 3 aliphatic rings. The van der Waals surface area contributed by atoms with E-state index >= 15 is 4.39 Å². The Balaban J connectivity index is 2.17. The molecule has 0 aromatic rings. The van der Waals surface area contributed by atoms with Gasteiger partial charge in [-0.3, -0.25) is 0 Å². The van der Waals surface area contributed by atoms with Crippen LogP contribution in [0.15, 0.2) is 24.3 Å². The second kappa shape index (κ2) is 2.32. The molecule has 2 fully saturated rings. The molecule has 3 rings (SSSR count). The van der Waals surface area contributed by atoms with Crippen molar-refractivity contribution in [2.24, 2.45) is 10.8 Å². The molecule has 0 bridgehead atoms. The van der Waals surface area contributed by atoms with E-state index in [1.807, 2.05) is 0 Å². The fourth-order valence-corrected chi connectivity index (χ4v) is 8.09. The second-order valence-corrected chi connectivity index (χ2v) is 11.6. The molecule has 2 saturated carbocycles. The van der Waals surface area contributed by atoms with Gasteiger partial charge >= 0.3 is 0 Å². The summed E-state index contributed by atoms with van der Waals surface area (Å²) < 4.78 is 15.4. The van der Waals surface area contributed by atoms with E-state index in [4.69, 9.17) is 0 Å². The fraction of sp³-hybridized carbons (Fsp3) is 0.692. The van der Waals surface area contributed by atoms with Gasteiger partial charge in [-0.25, -0.2) is 4.39 Å². The molecule has 0 aliphatic heterocycles. The topological polar surface area (TPSA) is 0 Å². The lowest BCUT2D eigenvalue weighted by Gasteiger charge is -2.29. The molecular weight excluding hydrogens is 203 g/mol. The quantitative estimate of drug-likeness (QED) is 0.591. The highest BCUT2D eigenvalue weighted by atomic mass is 28.3.